The van der Waals surface area contributed by atoms with E-state index in [9.17, 15) is 9.59 Å². The smallest absolute Gasteiger partial charge is 0.271 e. The zero-order chi connectivity index (χ0) is 30.0. The van der Waals surface area contributed by atoms with E-state index < -0.39 is 6.04 Å². The molecule has 1 atom stereocenters. The Bertz CT molecular complexity index is 1820. The summed E-state index contributed by atoms with van der Waals surface area (Å²) in [7, 11) is 0. The van der Waals surface area contributed by atoms with Crippen LogP contribution in [-0.4, -0.2) is 28.5 Å². The van der Waals surface area contributed by atoms with E-state index in [2.05, 4.69) is 45.2 Å². The quantitative estimate of drug-likeness (QED) is 0.190. The second-order valence-corrected chi connectivity index (χ2v) is 13.5. The van der Waals surface area contributed by atoms with E-state index in [0.717, 1.165) is 29.6 Å². The Labute approximate surface area is 280 Å². The number of carbonyl (C=O) groups is 1. The van der Waals surface area contributed by atoms with E-state index in [1.807, 2.05) is 81.4 Å². The maximum atomic E-state index is 14.0. The molecule has 1 aliphatic heterocycles. The summed E-state index contributed by atoms with van der Waals surface area (Å²) in [4.78, 5) is 34.9. The summed E-state index contributed by atoms with van der Waals surface area (Å²) >= 11 is 12.1. The number of amides is 1. The normalized spacial score (nSPS) is 14.9. The number of halogens is 3. The molecule has 0 N–H and O–H groups in total. The van der Waals surface area contributed by atoms with Gasteiger partial charge in [-0.05, 0) is 113 Å². The molecule has 0 spiro atoms. The summed E-state index contributed by atoms with van der Waals surface area (Å²) in [5.74, 6) is 0.697. The van der Waals surface area contributed by atoms with Gasteiger partial charge in [-0.2, -0.15) is 0 Å². The number of rotatable bonds is 8. The molecule has 0 unspecified atom stereocenters. The van der Waals surface area contributed by atoms with Crippen molar-refractivity contribution in [2.45, 2.75) is 33.4 Å². The monoisotopic (exact) mass is 823 g/mol. The molecule has 216 valence electrons. The summed E-state index contributed by atoms with van der Waals surface area (Å²) in [5.41, 5.74) is 3.72. The lowest BCUT2D eigenvalue weighted by atomic mass is 9.94. The number of thiazole rings is 1. The maximum absolute atomic E-state index is 14.0. The van der Waals surface area contributed by atoms with Gasteiger partial charge in [0.2, 0.25) is 0 Å². The number of likely N-dealkylation sites (N-methyl/N-ethyl adjacent to an activating group) is 1. The predicted molar refractivity (Wildman–Crippen MR) is 186 cm³/mol. The maximum Gasteiger partial charge on any atom is 0.271 e. The van der Waals surface area contributed by atoms with Crippen molar-refractivity contribution >= 4 is 80.1 Å². The van der Waals surface area contributed by atoms with E-state index in [1.54, 1.807) is 21.6 Å². The fourth-order valence-electron chi connectivity index (χ4n) is 4.92. The van der Waals surface area contributed by atoms with Crippen LogP contribution in [0.25, 0.3) is 6.08 Å². The van der Waals surface area contributed by atoms with Gasteiger partial charge in [0.15, 0.2) is 4.80 Å². The number of aromatic nitrogens is 1. The number of nitrogens with zero attached hydrogens (tertiary/aromatic N) is 3. The molecule has 4 aromatic rings. The van der Waals surface area contributed by atoms with Gasteiger partial charge < -0.3 is 9.64 Å². The molecule has 5 rings (SSSR count). The van der Waals surface area contributed by atoms with Crippen LogP contribution >= 0.6 is 68.1 Å². The van der Waals surface area contributed by atoms with Crippen LogP contribution in [-0.2, 0) is 11.4 Å². The number of carbonyl (C=O) groups excluding carboxylic acids is 1. The number of hydrogen-bond donors (Lipinski definition) is 0. The largest absolute Gasteiger partial charge is 0.487 e. The van der Waals surface area contributed by atoms with Crippen molar-refractivity contribution in [2.24, 2.45) is 4.99 Å². The van der Waals surface area contributed by atoms with Gasteiger partial charge in [-0.25, -0.2) is 4.99 Å². The van der Waals surface area contributed by atoms with Crippen molar-refractivity contribution in [3.8, 4) is 5.75 Å². The highest BCUT2D eigenvalue weighted by Gasteiger charge is 2.34. The Hall–Kier alpha value is -2.48. The van der Waals surface area contributed by atoms with Crippen LogP contribution in [0.15, 0.2) is 87.8 Å². The first-order valence-corrected chi connectivity index (χ1v) is 16.8. The number of allylic oxidation sites excluding steroid dienone is 1. The number of fused-ring (bicyclic) bond motifs is 1. The highest BCUT2D eigenvalue weighted by molar-refractivity contribution is 14.1. The number of benzene rings is 3. The molecule has 1 aromatic heterocycles. The molecule has 42 heavy (non-hydrogen) atoms. The van der Waals surface area contributed by atoms with E-state index >= 15 is 0 Å². The molecule has 0 aliphatic carbocycles. The van der Waals surface area contributed by atoms with Gasteiger partial charge in [0.1, 0.15) is 12.4 Å². The van der Waals surface area contributed by atoms with Crippen molar-refractivity contribution in [2.75, 3.05) is 13.1 Å². The van der Waals surface area contributed by atoms with Gasteiger partial charge >= 0.3 is 0 Å². The Morgan fingerprint density at radius 2 is 1.71 bits per heavy atom. The molecular weight excluding hydrogens is 796 g/mol. The predicted octanol–water partition coefficient (Wildman–Crippen LogP) is 6.55. The zero-order valence-corrected chi connectivity index (χ0v) is 29.1. The van der Waals surface area contributed by atoms with E-state index in [0.29, 0.717) is 45.3 Å². The van der Waals surface area contributed by atoms with Crippen molar-refractivity contribution < 1.29 is 9.53 Å². The van der Waals surface area contributed by atoms with Crippen LogP contribution in [0, 0.1) is 7.14 Å². The Kier molecular flexibility index (Phi) is 9.91. The van der Waals surface area contributed by atoms with Gasteiger partial charge in [-0.3, -0.25) is 14.2 Å². The van der Waals surface area contributed by atoms with Crippen LogP contribution < -0.4 is 19.6 Å². The second kappa shape index (κ2) is 13.4. The molecule has 0 saturated heterocycles. The molecule has 6 nitrogen and oxygen atoms in total. The molecule has 0 fully saturated rings. The first-order chi connectivity index (χ1) is 20.2. The third-order valence-electron chi connectivity index (χ3n) is 7.03. The van der Waals surface area contributed by atoms with Crippen molar-refractivity contribution in [1.82, 2.24) is 9.47 Å². The molecule has 0 bridgehead atoms. The average Bonchev–Trinajstić information content (AvgIpc) is 3.27. The average molecular weight is 824 g/mol. The fraction of sp³-hybridized carbons (Fsp3) is 0.219. The molecular formula is C32H28ClI2N3O3S. The van der Waals surface area contributed by atoms with E-state index in [1.165, 1.54) is 11.3 Å². The Morgan fingerprint density at radius 1 is 1.07 bits per heavy atom. The van der Waals surface area contributed by atoms with E-state index in [-0.39, 0.29) is 11.5 Å². The zero-order valence-electron chi connectivity index (χ0n) is 23.2. The highest BCUT2D eigenvalue weighted by Crippen LogP contribution is 2.32. The van der Waals surface area contributed by atoms with Gasteiger partial charge in [-0.15, -0.1) is 0 Å². The van der Waals surface area contributed by atoms with E-state index in [4.69, 9.17) is 21.3 Å². The molecule has 0 radical (unpaired) electrons. The molecule has 1 aliphatic rings. The summed E-state index contributed by atoms with van der Waals surface area (Å²) in [6.07, 6.45) is 1.89. The lowest BCUT2D eigenvalue weighted by Gasteiger charge is -2.29. The summed E-state index contributed by atoms with van der Waals surface area (Å²) < 4.78 is 10.2. The first-order valence-electron chi connectivity index (χ1n) is 13.4. The van der Waals surface area contributed by atoms with Crippen LogP contribution in [0.4, 0.5) is 0 Å². The van der Waals surface area contributed by atoms with Crippen molar-refractivity contribution in [3.05, 3.63) is 127 Å². The molecule has 10 heteroatoms. The first kappa shape index (κ1) is 31.0. The minimum absolute atomic E-state index is 0.120. The standard InChI is InChI=1S/C32H28ClI2N3O3S/c1-4-37(5-2)31(40)27-19(3)36-32-38(28(27)22-11-13-23(33)14-12-22)30(39)26(42-32)17-21-15-24(34)29(25(35)16-21)41-18-20-9-7-6-8-10-20/h6-17,28H,4-5,18H2,1-3H3/b26-17+/t28-/m0/s1. The molecule has 1 amide bonds. The summed E-state index contributed by atoms with van der Waals surface area (Å²) in [6.45, 7) is 7.34. The second-order valence-electron chi connectivity index (χ2n) is 9.70. The van der Waals surface area contributed by atoms with Crippen LogP contribution in [0.2, 0.25) is 5.02 Å². The third kappa shape index (κ3) is 6.39. The Morgan fingerprint density at radius 3 is 2.33 bits per heavy atom. The van der Waals surface area contributed by atoms with Crippen molar-refractivity contribution in [3.63, 3.8) is 0 Å². The third-order valence-corrected chi connectivity index (χ3v) is 9.87. The topological polar surface area (TPSA) is 63.9 Å². The van der Waals surface area contributed by atoms with Gasteiger partial charge in [0, 0.05) is 18.1 Å². The number of hydrogen-bond acceptors (Lipinski definition) is 5. The molecule has 3 aromatic carbocycles. The number of ether oxygens (including phenoxy) is 1. The molecule has 2 heterocycles. The fourth-order valence-corrected chi connectivity index (χ4v) is 8.22. The van der Waals surface area contributed by atoms with Gasteiger partial charge in [0.25, 0.3) is 11.5 Å². The lowest BCUT2D eigenvalue weighted by molar-refractivity contribution is -0.127. The summed E-state index contributed by atoms with van der Waals surface area (Å²) in [5, 5.41) is 0.587. The Balaban J connectivity index is 1.58. The highest BCUT2D eigenvalue weighted by atomic mass is 127. The lowest BCUT2D eigenvalue weighted by Crippen LogP contribution is -2.43. The summed E-state index contributed by atoms with van der Waals surface area (Å²) in [6, 6.07) is 20.8. The van der Waals surface area contributed by atoms with Crippen molar-refractivity contribution in [1.29, 1.82) is 0 Å². The molecule has 0 saturated carbocycles. The minimum atomic E-state index is -0.609. The SMILES string of the molecule is CCN(CC)C(=O)C1=C(C)N=c2s/c(=C/c3cc(I)c(OCc4ccccc4)c(I)c3)c(=O)n2[C@H]1c1ccc(Cl)cc1. The van der Waals surface area contributed by atoms with Crippen LogP contribution in [0.1, 0.15) is 43.5 Å². The van der Waals surface area contributed by atoms with Gasteiger partial charge in [0.05, 0.1) is 29.0 Å². The van der Waals surface area contributed by atoms with Crippen LogP contribution in [0.3, 0.4) is 0 Å². The van der Waals surface area contributed by atoms with Crippen LogP contribution in [0.5, 0.6) is 5.75 Å². The van der Waals surface area contributed by atoms with Gasteiger partial charge in [-0.1, -0.05) is 65.4 Å². The minimum Gasteiger partial charge on any atom is -0.487 e.